The van der Waals surface area contributed by atoms with E-state index in [1.807, 2.05) is 12.1 Å². The zero-order valence-corrected chi connectivity index (χ0v) is 12.4. The van der Waals surface area contributed by atoms with Gasteiger partial charge in [0.2, 0.25) is 0 Å². The average Bonchev–Trinajstić information content (AvgIpc) is 2.87. The molecule has 1 aliphatic rings. The van der Waals surface area contributed by atoms with Crippen molar-refractivity contribution in [3.8, 4) is 0 Å². The summed E-state index contributed by atoms with van der Waals surface area (Å²) in [5, 5.41) is 9.38. The first-order valence-corrected chi connectivity index (χ1v) is 7.13. The van der Waals surface area contributed by atoms with Crippen LogP contribution in [0.1, 0.15) is 15.9 Å². The summed E-state index contributed by atoms with van der Waals surface area (Å²) in [5.41, 5.74) is 1.88. The summed E-state index contributed by atoms with van der Waals surface area (Å²) in [6.07, 6.45) is 1.76. The first-order valence-electron chi connectivity index (χ1n) is 6.34. The van der Waals surface area contributed by atoms with Gasteiger partial charge in [-0.3, -0.25) is 9.69 Å². The highest BCUT2D eigenvalue weighted by molar-refractivity contribution is 9.10. The van der Waals surface area contributed by atoms with Crippen LogP contribution in [0.15, 0.2) is 47.2 Å². The van der Waals surface area contributed by atoms with Crippen molar-refractivity contribution in [3.63, 3.8) is 0 Å². The smallest absolute Gasteiger partial charge is 0.327 e. The van der Waals surface area contributed by atoms with Gasteiger partial charge in [-0.25, -0.2) is 9.78 Å². The minimum atomic E-state index is -1.01. The molecule has 2 heterocycles. The van der Waals surface area contributed by atoms with E-state index in [1.54, 1.807) is 24.3 Å². The lowest BCUT2D eigenvalue weighted by Crippen LogP contribution is -2.42. The minimum absolute atomic E-state index is 0.321. The Hall–Kier alpha value is -2.21. The van der Waals surface area contributed by atoms with Gasteiger partial charge in [0.25, 0.3) is 5.91 Å². The van der Waals surface area contributed by atoms with E-state index in [0.717, 1.165) is 5.56 Å². The van der Waals surface area contributed by atoms with Crippen LogP contribution in [0.3, 0.4) is 0 Å². The Labute approximate surface area is 129 Å². The number of fused-ring (bicyclic) bond motifs is 1. The zero-order valence-electron chi connectivity index (χ0n) is 10.9. The molecular weight excluding hydrogens is 336 g/mol. The largest absolute Gasteiger partial charge is 0.480 e. The van der Waals surface area contributed by atoms with Gasteiger partial charge in [0.15, 0.2) is 0 Å². The fourth-order valence-corrected chi connectivity index (χ4v) is 2.71. The number of aliphatic carboxylic acids is 1. The number of carboxylic acids is 1. The molecular formula is C15H11BrN2O3. The monoisotopic (exact) mass is 346 g/mol. The highest BCUT2D eigenvalue weighted by atomic mass is 79.9. The molecule has 21 heavy (non-hydrogen) atoms. The first kappa shape index (κ1) is 13.8. The number of hydrogen-bond acceptors (Lipinski definition) is 3. The van der Waals surface area contributed by atoms with Gasteiger partial charge in [0.1, 0.15) is 10.6 Å². The van der Waals surface area contributed by atoms with Gasteiger partial charge in [0, 0.05) is 18.3 Å². The molecule has 0 saturated heterocycles. The van der Waals surface area contributed by atoms with Crippen LogP contribution in [0.2, 0.25) is 0 Å². The Morgan fingerprint density at radius 3 is 2.67 bits per heavy atom. The Bertz CT molecular complexity index is 715. The van der Waals surface area contributed by atoms with E-state index in [2.05, 4.69) is 20.9 Å². The van der Waals surface area contributed by atoms with E-state index in [9.17, 15) is 14.7 Å². The number of amides is 1. The molecule has 0 aliphatic carbocycles. The molecule has 1 aromatic heterocycles. The second-order valence-corrected chi connectivity index (χ2v) is 5.54. The molecule has 0 spiro atoms. The lowest BCUT2D eigenvalue weighted by atomic mass is 10.1. The first-order chi connectivity index (χ1) is 10.1. The number of anilines is 1. The normalized spacial score (nSPS) is 16.6. The van der Waals surface area contributed by atoms with Gasteiger partial charge >= 0.3 is 5.97 Å². The highest BCUT2D eigenvalue weighted by Crippen LogP contribution is 2.33. The number of rotatable bonds is 2. The minimum Gasteiger partial charge on any atom is -0.480 e. The fraction of sp³-hybridized carbons (Fsp3) is 0.133. The molecule has 0 radical (unpaired) electrons. The van der Waals surface area contributed by atoms with Crippen LogP contribution in [-0.2, 0) is 11.2 Å². The fourth-order valence-electron chi connectivity index (χ4n) is 2.48. The van der Waals surface area contributed by atoms with E-state index >= 15 is 0 Å². The maximum Gasteiger partial charge on any atom is 0.327 e. The van der Waals surface area contributed by atoms with Gasteiger partial charge in [-0.1, -0.05) is 18.2 Å². The number of halogens is 1. The highest BCUT2D eigenvalue weighted by Gasteiger charge is 2.38. The standard InChI is InChI=1S/C15H11BrN2O3/c16-13-6-5-10(8-17-13)14(19)18-11-4-2-1-3-9(11)7-12(18)15(20)21/h1-6,8,12H,7H2,(H,20,21). The van der Waals surface area contributed by atoms with Gasteiger partial charge < -0.3 is 5.11 Å². The Balaban J connectivity index is 2.03. The maximum absolute atomic E-state index is 12.6. The van der Waals surface area contributed by atoms with Crippen LogP contribution >= 0.6 is 15.9 Å². The van der Waals surface area contributed by atoms with Gasteiger partial charge in [0.05, 0.1) is 5.56 Å². The molecule has 3 rings (SSSR count). The third kappa shape index (κ3) is 2.42. The molecule has 5 nitrogen and oxygen atoms in total. The molecule has 2 aromatic rings. The molecule has 0 bridgehead atoms. The number of benzene rings is 1. The van der Waals surface area contributed by atoms with Crippen molar-refractivity contribution in [3.05, 3.63) is 58.3 Å². The number of carboxylic acid groups (broad SMARTS) is 1. The number of aromatic nitrogens is 1. The number of pyridine rings is 1. The Morgan fingerprint density at radius 2 is 2.00 bits per heavy atom. The lowest BCUT2D eigenvalue weighted by molar-refractivity contribution is -0.138. The number of para-hydroxylation sites is 1. The number of hydrogen-bond donors (Lipinski definition) is 1. The van der Waals surface area contributed by atoms with E-state index in [4.69, 9.17) is 0 Å². The molecule has 0 fully saturated rings. The number of carbonyl (C=O) groups excluding carboxylic acids is 1. The number of carbonyl (C=O) groups is 2. The quantitative estimate of drug-likeness (QED) is 0.848. The summed E-state index contributed by atoms with van der Waals surface area (Å²) in [5.74, 6) is -1.36. The van der Waals surface area contributed by atoms with Crippen molar-refractivity contribution in [2.75, 3.05) is 4.90 Å². The predicted molar refractivity (Wildman–Crippen MR) is 80.3 cm³/mol. The topological polar surface area (TPSA) is 70.5 Å². The summed E-state index contributed by atoms with van der Waals surface area (Å²) in [4.78, 5) is 29.5. The van der Waals surface area contributed by atoms with E-state index in [0.29, 0.717) is 22.3 Å². The maximum atomic E-state index is 12.6. The second kappa shape index (κ2) is 5.29. The second-order valence-electron chi connectivity index (χ2n) is 4.73. The number of nitrogens with zero attached hydrogens (tertiary/aromatic N) is 2. The summed E-state index contributed by atoms with van der Waals surface area (Å²) >= 11 is 3.21. The molecule has 106 valence electrons. The molecule has 1 aliphatic heterocycles. The van der Waals surface area contributed by atoms with Gasteiger partial charge in [-0.2, -0.15) is 0 Å². The zero-order chi connectivity index (χ0) is 15.0. The lowest BCUT2D eigenvalue weighted by Gasteiger charge is -2.22. The van der Waals surface area contributed by atoms with Crippen molar-refractivity contribution < 1.29 is 14.7 Å². The molecule has 0 saturated carbocycles. The van der Waals surface area contributed by atoms with Crippen molar-refractivity contribution >= 4 is 33.5 Å². The van der Waals surface area contributed by atoms with Crippen LogP contribution in [0.4, 0.5) is 5.69 Å². The average molecular weight is 347 g/mol. The van der Waals surface area contributed by atoms with Crippen molar-refractivity contribution in [1.29, 1.82) is 0 Å². The van der Waals surface area contributed by atoms with Crippen LogP contribution in [0.5, 0.6) is 0 Å². The molecule has 1 amide bonds. The molecule has 1 unspecified atom stereocenters. The van der Waals surface area contributed by atoms with Crippen molar-refractivity contribution in [2.24, 2.45) is 0 Å². The van der Waals surface area contributed by atoms with E-state index in [-0.39, 0.29) is 5.91 Å². The van der Waals surface area contributed by atoms with Gasteiger partial charge in [-0.05, 0) is 39.7 Å². The van der Waals surface area contributed by atoms with Crippen molar-refractivity contribution in [2.45, 2.75) is 12.5 Å². The summed E-state index contributed by atoms with van der Waals surface area (Å²) in [7, 11) is 0. The summed E-state index contributed by atoms with van der Waals surface area (Å²) in [6.45, 7) is 0. The van der Waals surface area contributed by atoms with Crippen LogP contribution in [-0.4, -0.2) is 28.0 Å². The Morgan fingerprint density at radius 1 is 1.24 bits per heavy atom. The van der Waals surface area contributed by atoms with E-state index in [1.165, 1.54) is 11.1 Å². The third-order valence-corrected chi connectivity index (χ3v) is 3.92. The van der Waals surface area contributed by atoms with Crippen LogP contribution < -0.4 is 4.90 Å². The van der Waals surface area contributed by atoms with Gasteiger partial charge in [-0.15, -0.1) is 0 Å². The Kier molecular flexibility index (Phi) is 3.47. The predicted octanol–water partition coefficient (Wildman–Crippen LogP) is 2.50. The van der Waals surface area contributed by atoms with Crippen molar-refractivity contribution in [1.82, 2.24) is 4.98 Å². The summed E-state index contributed by atoms with van der Waals surface area (Å²) < 4.78 is 0.621. The van der Waals surface area contributed by atoms with Crippen LogP contribution in [0.25, 0.3) is 0 Å². The van der Waals surface area contributed by atoms with Crippen LogP contribution in [0, 0.1) is 0 Å². The molecule has 1 N–H and O–H groups in total. The molecule has 1 aromatic carbocycles. The summed E-state index contributed by atoms with van der Waals surface area (Å²) in [6, 6.07) is 9.65. The van der Waals surface area contributed by atoms with E-state index < -0.39 is 12.0 Å². The molecule has 1 atom stereocenters. The third-order valence-electron chi connectivity index (χ3n) is 3.45. The SMILES string of the molecule is O=C(O)C1Cc2ccccc2N1C(=O)c1ccc(Br)nc1. The molecule has 6 heteroatoms.